The van der Waals surface area contributed by atoms with E-state index in [1.165, 1.54) is 141 Å². The molecule has 0 saturated carbocycles. The first-order chi connectivity index (χ1) is 14.6. The predicted molar refractivity (Wildman–Crippen MR) is 138 cm³/mol. The van der Waals surface area contributed by atoms with Crippen LogP contribution in [-0.2, 0) is 4.57 Å². The van der Waals surface area contributed by atoms with E-state index in [1.54, 1.807) is 0 Å². The van der Waals surface area contributed by atoms with Crippen molar-refractivity contribution in [2.45, 2.75) is 169 Å². The molecule has 0 aromatic rings. The zero-order valence-corrected chi connectivity index (χ0v) is 22.4. The summed E-state index contributed by atoms with van der Waals surface area (Å²) in [5.74, 6) is 0. The van der Waals surface area contributed by atoms with E-state index in [0.29, 0.717) is 0 Å². The Morgan fingerprint density at radius 3 is 0.567 bits per heavy atom. The van der Waals surface area contributed by atoms with Gasteiger partial charge in [0.15, 0.2) is 0 Å². The van der Waals surface area contributed by atoms with Crippen molar-refractivity contribution in [1.29, 1.82) is 0 Å². The van der Waals surface area contributed by atoms with Crippen molar-refractivity contribution >= 4 is 8.25 Å². The lowest BCUT2D eigenvalue weighted by atomic mass is 10.1. The Bertz CT molecular complexity index is 239. The fourth-order valence-electron chi connectivity index (χ4n) is 3.47. The van der Waals surface area contributed by atoms with E-state index < -0.39 is 8.25 Å². The van der Waals surface area contributed by atoms with Crippen LogP contribution >= 0.6 is 8.25 Å². The van der Waals surface area contributed by atoms with Gasteiger partial charge in [-0.25, -0.2) is 0 Å². The summed E-state index contributed by atoms with van der Waals surface area (Å²) in [6.45, 7) is 9.13. The lowest BCUT2D eigenvalue weighted by Crippen LogP contribution is -1.80. The summed E-state index contributed by atoms with van der Waals surface area (Å²) in [5, 5.41) is 0. The maximum atomic E-state index is 8.74. The minimum atomic E-state index is -3.13. The fourth-order valence-corrected chi connectivity index (χ4v) is 3.47. The van der Waals surface area contributed by atoms with E-state index in [9.17, 15) is 0 Å². The van der Waals surface area contributed by atoms with Crippen LogP contribution in [0.2, 0.25) is 0 Å². The van der Waals surface area contributed by atoms with Gasteiger partial charge in [0.25, 0.3) is 0 Å². The van der Waals surface area contributed by atoms with E-state index in [1.807, 2.05) is 0 Å². The van der Waals surface area contributed by atoms with Gasteiger partial charge < -0.3 is 9.79 Å². The van der Waals surface area contributed by atoms with Gasteiger partial charge in [0.05, 0.1) is 0 Å². The van der Waals surface area contributed by atoms with Crippen molar-refractivity contribution in [3.8, 4) is 0 Å². The summed E-state index contributed by atoms with van der Waals surface area (Å²) < 4.78 is 8.74. The monoisotopic (exact) mass is 450 g/mol. The maximum absolute atomic E-state index is 8.74. The molecule has 0 aliphatic rings. The molecule has 0 aliphatic heterocycles. The molecule has 2 N–H and O–H groups in total. The highest BCUT2D eigenvalue weighted by Gasteiger charge is 1.92. The van der Waals surface area contributed by atoms with Gasteiger partial charge >= 0.3 is 8.25 Å². The van der Waals surface area contributed by atoms with Gasteiger partial charge in [0.2, 0.25) is 0 Å². The minimum Gasteiger partial charge on any atom is -0.326 e. The Labute approximate surface area is 191 Å². The van der Waals surface area contributed by atoms with Crippen molar-refractivity contribution in [3.63, 3.8) is 0 Å². The van der Waals surface area contributed by atoms with Gasteiger partial charge in [0, 0.05) is 0 Å². The Morgan fingerprint density at radius 2 is 0.467 bits per heavy atom. The molecular weight excluding hydrogens is 391 g/mol. The maximum Gasteiger partial charge on any atom is 0.314 e. The lowest BCUT2D eigenvalue weighted by Gasteiger charge is -2.00. The topological polar surface area (TPSA) is 57.5 Å². The molecule has 0 saturated heterocycles. The second-order valence-electron chi connectivity index (χ2n) is 8.65. The Morgan fingerprint density at radius 1 is 0.367 bits per heavy atom. The Kier molecular flexibility index (Phi) is 42.3. The largest absolute Gasteiger partial charge is 0.326 e. The van der Waals surface area contributed by atoms with Crippen molar-refractivity contribution in [2.75, 3.05) is 0 Å². The van der Waals surface area contributed by atoms with Crippen LogP contribution in [0.15, 0.2) is 0 Å². The number of unbranched alkanes of at least 4 members (excludes halogenated alkanes) is 20. The van der Waals surface area contributed by atoms with Crippen LogP contribution in [-0.4, -0.2) is 9.79 Å². The molecule has 0 fully saturated rings. The van der Waals surface area contributed by atoms with Crippen LogP contribution in [0.3, 0.4) is 0 Å². The quantitative estimate of drug-likeness (QED) is 0.143. The summed E-state index contributed by atoms with van der Waals surface area (Å²) in [6.07, 6.45) is 31.9. The SMILES string of the molecule is CCCCCCCCCCCCC.CCCCCCCCCCCCC.O=[PH](O)O. The zero-order chi connectivity index (χ0) is 23.1. The normalized spacial score (nSPS) is 10.4. The second kappa shape index (κ2) is 36.5. The average molecular weight is 451 g/mol. The smallest absolute Gasteiger partial charge is 0.314 e. The van der Waals surface area contributed by atoms with E-state index >= 15 is 0 Å². The van der Waals surface area contributed by atoms with Gasteiger partial charge in [-0.05, 0) is 0 Å². The van der Waals surface area contributed by atoms with Crippen LogP contribution < -0.4 is 0 Å². The molecule has 0 rings (SSSR count). The lowest BCUT2D eigenvalue weighted by molar-refractivity contribution is 0.405. The molecule has 0 aromatic carbocycles. The van der Waals surface area contributed by atoms with E-state index in [4.69, 9.17) is 14.4 Å². The molecule has 0 bridgehead atoms. The third-order valence-electron chi connectivity index (χ3n) is 5.41. The highest BCUT2D eigenvalue weighted by Crippen LogP contribution is 2.11. The summed E-state index contributed by atoms with van der Waals surface area (Å²) in [6, 6.07) is 0. The van der Waals surface area contributed by atoms with E-state index in [2.05, 4.69) is 27.7 Å². The molecule has 0 atom stereocenters. The van der Waals surface area contributed by atoms with Gasteiger partial charge in [-0.15, -0.1) is 0 Å². The molecule has 0 heterocycles. The first-order valence-corrected chi connectivity index (χ1v) is 14.8. The fraction of sp³-hybridized carbons (Fsp3) is 1.00. The van der Waals surface area contributed by atoms with Crippen molar-refractivity contribution in [2.24, 2.45) is 0 Å². The van der Waals surface area contributed by atoms with Gasteiger partial charge in [-0.2, -0.15) is 0 Å². The van der Waals surface area contributed by atoms with Crippen molar-refractivity contribution in [3.05, 3.63) is 0 Å². The molecule has 0 radical (unpaired) electrons. The minimum absolute atomic E-state index is 1.37. The highest BCUT2D eigenvalue weighted by molar-refractivity contribution is 7.30. The molecule has 4 heteroatoms. The molecule has 0 unspecified atom stereocenters. The average Bonchev–Trinajstić information content (AvgIpc) is 2.71. The molecular formula is C26H59O3P. The van der Waals surface area contributed by atoms with Crippen LogP contribution in [0.25, 0.3) is 0 Å². The first-order valence-electron chi connectivity index (χ1n) is 13.5. The van der Waals surface area contributed by atoms with Gasteiger partial charge in [0.1, 0.15) is 0 Å². The Hall–Kier alpha value is 0.150. The third-order valence-corrected chi connectivity index (χ3v) is 5.41. The van der Waals surface area contributed by atoms with Gasteiger partial charge in [-0.1, -0.05) is 169 Å². The molecule has 0 aromatic heterocycles. The number of hydrogen-bond acceptors (Lipinski definition) is 1. The Balaban J connectivity index is -0.000000412. The zero-order valence-electron chi connectivity index (χ0n) is 21.4. The molecule has 0 aliphatic carbocycles. The summed E-state index contributed by atoms with van der Waals surface area (Å²) >= 11 is 0. The van der Waals surface area contributed by atoms with Crippen LogP contribution in [0.1, 0.15) is 169 Å². The van der Waals surface area contributed by atoms with Crippen molar-refractivity contribution in [1.82, 2.24) is 0 Å². The van der Waals surface area contributed by atoms with Crippen LogP contribution in [0, 0.1) is 0 Å². The molecule has 0 amide bonds. The number of rotatable bonds is 20. The number of hydrogen-bond donors (Lipinski definition) is 2. The third kappa shape index (κ3) is 51.1. The standard InChI is InChI=1S/2C13H28.H3O3P/c2*1-3-5-7-9-11-13-12-10-8-6-4-2;1-4(2)3/h2*3-13H2,1-2H3;4H,(H2,1,2,3). The summed E-state index contributed by atoms with van der Waals surface area (Å²) in [4.78, 5) is 14.3. The molecule has 0 spiro atoms. The predicted octanol–water partition coefficient (Wildman–Crippen LogP) is 10.00. The molecule has 30 heavy (non-hydrogen) atoms. The molecule has 3 nitrogen and oxygen atoms in total. The summed E-state index contributed by atoms with van der Waals surface area (Å²) in [5.41, 5.74) is 0. The first kappa shape index (κ1) is 34.8. The van der Waals surface area contributed by atoms with Gasteiger partial charge in [-0.3, -0.25) is 4.57 Å². The van der Waals surface area contributed by atoms with Crippen molar-refractivity contribution < 1.29 is 14.4 Å². The summed E-state index contributed by atoms with van der Waals surface area (Å²) in [7, 11) is -3.13. The van der Waals surface area contributed by atoms with E-state index in [-0.39, 0.29) is 0 Å². The highest BCUT2D eigenvalue weighted by atomic mass is 31.1. The van der Waals surface area contributed by atoms with Crippen LogP contribution in [0.5, 0.6) is 0 Å². The molecule has 186 valence electrons. The van der Waals surface area contributed by atoms with E-state index in [0.717, 1.165) is 0 Å². The van der Waals surface area contributed by atoms with Crippen LogP contribution in [0.4, 0.5) is 0 Å². The second-order valence-corrected chi connectivity index (χ2v) is 9.21.